The van der Waals surface area contributed by atoms with Crippen LogP contribution in [-0.4, -0.2) is 23.4 Å². The lowest BCUT2D eigenvalue weighted by Gasteiger charge is -2.37. The Kier molecular flexibility index (Phi) is 4.49. The number of hydrogen-bond acceptors (Lipinski definition) is 2. The number of fused-ring (bicyclic) bond motifs is 1. The molecule has 1 aliphatic rings. The first-order valence-electron chi connectivity index (χ1n) is 8.25. The van der Waals surface area contributed by atoms with Crippen molar-refractivity contribution >= 4 is 5.91 Å². The Balaban J connectivity index is 1.95. The van der Waals surface area contributed by atoms with E-state index in [1.165, 1.54) is 16.7 Å². The van der Waals surface area contributed by atoms with Crippen molar-refractivity contribution in [1.29, 1.82) is 0 Å². The molecular formula is C20H24N2O. The maximum atomic E-state index is 12.8. The van der Waals surface area contributed by atoms with E-state index in [9.17, 15) is 4.79 Å². The molecule has 0 fully saturated rings. The van der Waals surface area contributed by atoms with Crippen LogP contribution in [0.3, 0.4) is 0 Å². The number of amides is 1. The van der Waals surface area contributed by atoms with Gasteiger partial charge in [-0.2, -0.15) is 0 Å². The van der Waals surface area contributed by atoms with Gasteiger partial charge in [-0.1, -0.05) is 61.5 Å². The lowest BCUT2D eigenvalue weighted by Crippen LogP contribution is -2.45. The molecule has 2 aromatic rings. The molecule has 0 saturated carbocycles. The minimum Gasteiger partial charge on any atom is -0.337 e. The molecule has 120 valence electrons. The van der Waals surface area contributed by atoms with E-state index >= 15 is 0 Å². The maximum Gasteiger partial charge on any atom is 0.227 e. The van der Waals surface area contributed by atoms with Gasteiger partial charge < -0.3 is 10.6 Å². The van der Waals surface area contributed by atoms with Crippen molar-refractivity contribution in [1.82, 2.24) is 4.90 Å². The van der Waals surface area contributed by atoms with Crippen LogP contribution < -0.4 is 5.73 Å². The Labute approximate surface area is 138 Å². The topological polar surface area (TPSA) is 46.3 Å². The molecule has 3 heteroatoms. The Morgan fingerprint density at radius 1 is 1.09 bits per heavy atom. The quantitative estimate of drug-likeness (QED) is 0.947. The number of nitrogens with two attached hydrogens (primary N) is 1. The number of benzene rings is 2. The molecule has 0 spiro atoms. The van der Waals surface area contributed by atoms with Gasteiger partial charge >= 0.3 is 0 Å². The monoisotopic (exact) mass is 308 g/mol. The van der Waals surface area contributed by atoms with E-state index < -0.39 is 0 Å². The SMILES string of the molecule is CC(N)C(C)C(=O)N1Cc2ccccc2C(c2ccccc2)C1. The minimum atomic E-state index is -0.156. The van der Waals surface area contributed by atoms with Gasteiger partial charge in [-0.05, 0) is 23.6 Å². The Morgan fingerprint density at radius 2 is 1.74 bits per heavy atom. The summed E-state index contributed by atoms with van der Waals surface area (Å²) in [7, 11) is 0. The fourth-order valence-electron chi connectivity index (χ4n) is 3.26. The van der Waals surface area contributed by atoms with Crippen LogP contribution in [-0.2, 0) is 11.3 Å². The molecule has 0 aromatic heterocycles. The fourth-order valence-corrected chi connectivity index (χ4v) is 3.26. The summed E-state index contributed by atoms with van der Waals surface area (Å²) in [5.41, 5.74) is 9.76. The molecule has 3 rings (SSSR count). The van der Waals surface area contributed by atoms with Crippen LogP contribution in [0.1, 0.15) is 36.5 Å². The minimum absolute atomic E-state index is 0.130. The fraction of sp³-hybridized carbons (Fsp3) is 0.350. The average molecular weight is 308 g/mol. The summed E-state index contributed by atoms with van der Waals surface area (Å²) in [6.45, 7) is 5.21. The van der Waals surface area contributed by atoms with Crippen molar-refractivity contribution in [3.63, 3.8) is 0 Å². The zero-order valence-electron chi connectivity index (χ0n) is 13.8. The molecular weight excluding hydrogens is 284 g/mol. The van der Waals surface area contributed by atoms with Gasteiger partial charge in [0.2, 0.25) is 5.91 Å². The van der Waals surface area contributed by atoms with E-state index in [2.05, 4.69) is 42.5 Å². The number of carbonyl (C=O) groups is 1. The normalized spacial score (nSPS) is 19.8. The molecule has 0 radical (unpaired) electrons. The Hall–Kier alpha value is -2.13. The number of hydrogen-bond donors (Lipinski definition) is 1. The molecule has 0 saturated heterocycles. The first-order chi connectivity index (χ1) is 11.1. The third-order valence-electron chi connectivity index (χ3n) is 4.89. The second kappa shape index (κ2) is 6.55. The Bertz CT molecular complexity index is 681. The second-order valence-electron chi connectivity index (χ2n) is 6.53. The molecule has 3 nitrogen and oxygen atoms in total. The van der Waals surface area contributed by atoms with Gasteiger partial charge in [-0.15, -0.1) is 0 Å². The van der Waals surface area contributed by atoms with Gasteiger partial charge in [0.05, 0.1) is 5.92 Å². The van der Waals surface area contributed by atoms with E-state index in [1.54, 1.807) is 0 Å². The molecule has 1 heterocycles. The van der Waals surface area contributed by atoms with Crippen molar-refractivity contribution < 1.29 is 4.79 Å². The summed E-state index contributed by atoms with van der Waals surface area (Å²) in [5, 5.41) is 0. The highest BCUT2D eigenvalue weighted by Crippen LogP contribution is 2.34. The summed E-state index contributed by atoms with van der Waals surface area (Å²) in [6.07, 6.45) is 0. The number of nitrogens with zero attached hydrogens (tertiary/aromatic N) is 1. The molecule has 1 aliphatic heterocycles. The summed E-state index contributed by atoms with van der Waals surface area (Å²) in [6, 6.07) is 18.7. The molecule has 1 amide bonds. The summed E-state index contributed by atoms with van der Waals surface area (Å²) in [5.74, 6) is 0.220. The van der Waals surface area contributed by atoms with Crippen molar-refractivity contribution in [3.05, 3.63) is 71.3 Å². The predicted octanol–water partition coefficient (Wildman–Crippen LogP) is 3.14. The van der Waals surface area contributed by atoms with E-state index in [0.29, 0.717) is 6.54 Å². The first kappa shape index (κ1) is 15.8. The van der Waals surface area contributed by atoms with Gasteiger partial charge in [-0.25, -0.2) is 0 Å². The van der Waals surface area contributed by atoms with Gasteiger partial charge in [-0.3, -0.25) is 4.79 Å². The van der Waals surface area contributed by atoms with Crippen molar-refractivity contribution in [2.24, 2.45) is 11.7 Å². The molecule has 2 aromatic carbocycles. The van der Waals surface area contributed by atoms with Gasteiger partial charge in [0, 0.05) is 25.0 Å². The second-order valence-corrected chi connectivity index (χ2v) is 6.53. The van der Waals surface area contributed by atoms with Crippen LogP contribution in [0.4, 0.5) is 0 Å². The molecule has 0 aliphatic carbocycles. The lowest BCUT2D eigenvalue weighted by molar-refractivity contribution is -0.136. The zero-order chi connectivity index (χ0) is 16.4. The molecule has 23 heavy (non-hydrogen) atoms. The highest BCUT2D eigenvalue weighted by atomic mass is 16.2. The van der Waals surface area contributed by atoms with Crippen molar-refractivity contribution in [2.75, 3.05) is 6.54 Å². The largest absolute Gasteiger partial charge is 0.337 e. The van der Waals surface area contributed by atoms with Crippen molar-refractivity contribution in [3.8, 4) is 0 Å². The standard InChI is InChI=1S/C20H24N2O/c1-14(15(2)21)20(23)22-12-17-10-6-7-11-18(17)19(13-22)16-8-4-3-5-9-16/h3-11,14-15,19H,12-13,21H2,1-2H3. The predicted molar refractivity (Wildman–Crippen MR) is 93.0 cm³/mol. The number of carbonyl (C=O) groups excluding carboxylic acids is 1. The van der Waals surface area contributed by atoms with Gasteiger partial charge in [0.15, 0.2) is 0 Å². The van der Waals surface area contributed by atoms with Crippen LogP contribution >= 0.6 is 0 Å². The highest BCUT2D eigenvalue weighted by molar-refractivity contribution is 5.79. The Morgan fingerprint density at radius 3 is 2.43 bits per heavy atom. The van der Waals surface area contributed by atoms with E-state index in [-0.39, 0.29) is 23.8 Å². The smallest absolute Gasteiger partial charge is 0.227 e. The van der Waals surface area contributed by atoms with Crippen LogP contribution in [0.5, 0.6) is 0 Å². The van der Waals surface area contributed by atoms with Crippen LogP contribution in [0.2, 0.25) is 0 Å². The van der Waals surface area contributed by atoms with Gasteiger partial charge in [0.1, 0.15) is 0 Å². The maximum absolute atomic E-state index is 12.8. The van der Waals surface area contributed by atoms with Crippen molar-refractivity contribution in [2.45, 2.75) is 32.4 Å². The summed E-state index contributed by atoms with van der Waals surface area (Å²) >= 11 is 0. The lowest BCUT2D eigenvalue weighted by atomic mass is 9.84. The van der Waals surface area contributed by atoms with E-state index in [4.69, 9.17) is 5.73 Å². The van der Waals surface area contributed by atoms with Gasteiger partial charge in [0.25, 0.3) is 0 Å². The molecule has 3 unspecified atom stereocenters. The van der Waals surface area contributed by atoms with E-state index in [1.807, 2.05) is 30.9 Å². The summed E-state index contributed by atoms with van der Waals surface area (Å²) < 4.78 is 0. The van der Waals surface area contributed by atoms with Crippen LogP contribution in [0.25, 0.3) is 0 Å². The zero-order valence-corrected chi connectivity index (χ0v) is 13.8. The third kappa shape index (κ3) is 3.15. The molecule has 3 atom stereocenters. The van der Waals surface area contributed by atoms with Crippen LogP contribution in [0.15, 0.2) is 54.6 Å². The molecule has 2 N–H and O–H groups in total. The molecule has 0 bridgehead atoms. The highest BCUT2D eigenvalue weighted by Gasteiger charge is 2.31. The van der Waals surface area contributed by atoms with Crippen LogP contribution in [0, 0.1) is 5.92 Å². The number of rotatable bonds is 3. The van der Waals surface area contributed by atoms with E-state index in [0.717, 1.165) is 6.54 Å². The third-order valence-corrected chi connectivity index (χ3v) is 4.89. The average Bonchev–Trinajstić information content (AvgIpc) is 2.60. The first-order valence-corrected chi connectivity index (χ1v) is 8.25. The summed E-state index contributed by atoms with van der Waals surface area (Å²) in [4.78, 5) is 14.7.